The van der Waals surface area contributed by atoms with Crippen molar-refractivity contribution < 1.29 is 0 Å². The monoisotopic (exact) mass is 323 g/mol. The third-order valence-corrected chi connectivity index (χ3v) is 5.20. The molecule has 3 N–H and O–H groups in total. The van der Waals surface area contributed by atoms with Gasteiger partial charge in [-0.1, -0.05) is 43.3 Å². The Hall–Kier alpha value is -1.84. The average Bonchev–Trinajstić information content (AvgIpc) is 2.53. The van der Waals surface area contributed by atoms with Crippen LogP contribution in [-0.4, -0.2) is 18.0 Å². The summed E-state index contributed by atoms with van der Waals surface area (Å²) in [4.78, 5) is 2.55. The standard InChI is InChI=1S/C21H29N3/c1-4-20(17-8-6-5-7-9-17)24(11-10-22)14-19-15(2)12-16(3)21-18(19)13-23-21/h5-9,12,20,23H,4,10-11,13-14,22H2,1-3H3. The number of fused-ring (bicyclic) bond motifs is 1. The smallest absolute Gasteiger partial charge is 0.0426 e. The minimum absolute atomic E-state index is 0.416. The van der Waals surface area contributed by atoms with Gasteiger partial charge in [0, 0.05) is 37.9 Å². The van der Waals surface area contributed by atoms with Crippen LogP contribution in [0, 0.1) is 13.8 Å². The van der Waals surface area contributed by atoms with Crippen molar-refractivity contribution in [3.63, 3.8) is 0 Å². The molecule has 1 unspecified atom stereocenters. The van der Waals surface area contributed by atoms with E-state index in [0.717, 1.165) is 26.1 Å². The van der Waals surface area contributed by atoms with Gasteiger partial charge in [0.1, 0.15) is 0 Å². The number of nitrogens with zero attached hydrogens (tertiary/aromatic N) is 1. The fourth-order valence-corrected chi connectivity index (χ4v) is 3.94. The van der Waals surface area contributed by atoms with Gasteiger partial charge < -0.3 is 11.1 Å². The molecule has 3 rings (SSSR count). The number of nitrogens with one attached hydrogen (secondary N) is 1. The van der Waals surface area contributed by atoms with E-state index < -0.39 is 0 Å². The molecule has 128 valence electrons. The maximum atomic E-state index is 5.94. The van der Waals surface area contributed by atoms with Crippen LogP contribution in [0.1, 0.15) is 47.2 Å². The van der Waals surface area contributed by atoms with Crippen LogP contribution in [0.5, 0.6) is 0 Å². The van der Waals surface area contributed by atoms with Crippen LogP contribution < -0.4 is 11.1 Å². The molecule has 0 bridgehead atoms. The minimum Gasteiger partial charge on any atom is -0.380 e. The first kappa shape index (κ1) is 17.0. The predicted octanol–water partition coefficient (Wildman–Crippen LogP) is 4.14. The molecule has 3 nitrogen and oxygen atoms in total. The third-order valence-electron chi connectivity index (χ3n) is 5.20. The largest absolute Gasteiger partial charge is 0.380 e. The maximum absolute atomic E-state index is 5.94. The number of anilines is 1. The van der Waals surface area contributed by atoms with E-state index in [1.165, 1.54) is 33.5 Å². The molecule has 0 amide bonds. The van der Waals surface area contributed by atoms with Crippen molar-refractivity contribution in [2.45, 2.75) is 46.3 Å². The summed E-state index contributed by atoms with van der Waals surface area (Å²) in [5, 5.41) is 3.46. The summed E-state index contributed by atoms with van der Waals surface area (Å²) in [7, 11) is 0. The molecular formula is C21H29N3. The number of aryl methyl sites for hydroxylation is 2. The molecule has 0 saturated heterocycles. The zero-order valence-electron chi connectivity index (χ0n) is 15.1. The van der Waals surface area contributed by atoms with E-state index in [-0.39, 0.29) is 0 Å². The molecule has 1 aliphatic rings. The zero-order valence-corrected chi connectivity index (χ0v) is 15.1. The lowest BCUT2D eigenvalue weighted by Crippen LogP contribution is -2.34. The summed E-state index contributed by atoms with van der Waals surface area (Å²) < 4.78 is 0. The molecular weight excluding hydrogens is 294 g/mol. The van der Waals surface area contributed by atoms with Gasteiger partial charge >= 0.3 is 0 Å². The molecule has 0 spiro atoms. The first-order valence-corrected chi connectivity index (χ1v) is 9.00. The SMILES string of the molecule is CCC(c1ccccc1)N(CCN)Cc1c(C)cc(C)c2c1CN2. The third kappa shape index (κ3) is 3.19. The molecule has 0 saturated carbocycles. The Morgan fingerprint density at radius 3 is 2.50 bits per heavy atom. The Kier molecular flexibility index (Phi) is 5.22. The molecule has 1 aliphatic heterocycles. The second-order valence-electron chi connectivity index (χ2n) is 6.79. The van der Waals surface area contributed by atoms with Crippen molar-refractivity contribution in [1.82, 2.24) is 4.90 Å². The van der Waals surface area contributed by atoms with E-state index in [4.69, 9.17) is 5.73 Å². The Morgan fingerprint density at radius 1 is 1.17 bits per heavy atom. The lowest BCUT2D eigenvalue weighted by Gasteiger charge is -2.35. The second-order valence-corrected chi connectivity index (χ2v) is 6.79. The van der Waals surface area contributed by atoms with Gasteiger partial charge in [-0.05, 0) is 48.1 Å². The Bertz CT molecular complexity index is 694. The highest BCUT2D eigenvalue weighted by Gasteiger charge is 2.25. The van der Waals surface area contributed by atoms with Crippen molar-refractivity contribution in [3.05, 3.63) is 64.2 Å². The Balaban J connectivity index is 1.91. The summed E-state index contributed by atoms with van der Waals surface area (Å²) in [6, 6.07) is 13.5. The van der Waals surface area contributed by atoms with Crippen molar-refractivity contribution in [2.24, 2.45) is 5.73 Å². The van der Waals surface area contributed by atoms with Crippen LogP contribution in [0.3, 0.4) is 0 Å². The van der Waals surface area contributed by atoms with Gasteiger partial charge in [-0.25, -0.2) is 0 Å². The molecule has 24 heavy (non-hydrogen) atoms. The van der Waals surface area contributed by atoms with Gasteiger partial charge in [0.05, 0.1) is 0 Å². The normalized spacial score (nSPS) is 14.0. The van der Waals surface area contributed by atoms with Crippen LogP contribution in [0.25, 0.3) is 0 Å². The first-order chi connectivity index (χ1) is 11.7. The summed E-state index contributed by atoms with van der Waals surface area (Å²) in [5.74, 6) is 0. The van der Waals surface area contributed by atoms with E-state index in [1.807, 2.05) is 0 Å². The molecule has 0 radical (unpaired) electrons. The predicted molar refractivity (Wildman–Crippen MR) is 102 cm³/mol. The van der Waals surface area contributed by atoms with E-state index in [9.17, 15) is 0 Å². The lowest BCUT2D eigenvalue weighted by atomic mass is 9.90. The average molecular weight is 323 g/mol. The van der Waals surface area contributed by atoms with Crippen molar-refractivity contribution in [1.29, 1.82) is 0 Å². The molecule has 1 atom stereocenters. The first-order valence-electron chi connectivity index (χ1n) is 9.00. The highest BCUT2D eigenvalue weighted by molar-refractivity contribution is 5.68. The van der Waals surface area contributed by atoms with Gasteiger partial charge in [-0.2, -0.15) is 0 Å². The highest BCUT2D eigenvalue weighted by atomic mass is 15.2. The summed E-state index contributed by atoms with van der Waals surface area (Å²) in [6.07, 6.45) is 1.09. The van der Waals surface area contributed by atoms with Gasteiger partial charge in [-0.15, -0.1) is 0 Å². The van der Waals surface area contributed by atoms with Gasteiger partial charge in [-0.3, -0.25) is 4.90 Å². The number of nitrogens with two attached hydrogens (primary N) is 1. The van der Waals surface area contributed by atoms with Gasteiger partial charge in [0.2, 0.25) is 0 Å². The molecule has 2 aromatic rings. The number of hydrogen-bond donors (Lipinski definition) is 2. The summed E-state index contributed by atoms with van der Waals surface area (Å²) in [5.41, 5.74) is 14.4. The van der Waals surface area contributed by atoms with Crippen LogP contribution in [0.15, 0.2) is 36.4 Å². The van der Waals surface area contributed by atoms with Crippen molar-refractivity contribution in [3.8, 4) is 0 Å². The number of rotatable bonds is 7. The number of benzene rings is 2. The van der Waals surface area contributed by atoms with Crippen LogP contribution in [0.4, 0.5) is 5.69 Å². The van der Waals surface area contributed by atoms with E-state index in [1.54, 1.807) is 0 Å². The molecule has 0 aromatic heterocycles. The van der Waals surface area contributed by atoms with Crippen molar-refractivity contribution in [2.75, 3.05) is 18.4 Å². The molecule has 0 fully saturated rings. The quantitative estimate of drug-likeness (QED) is 0.804. The van der Waals surface area contributed by atoms with E-state index in [0.29, 0.717) is 12.6 Å². The van der Waals surface area contributed by atoms with Gasteiger partial charge in [0.25, 0.3) is 0 Å². The summed E-state index contributed by atoms with van der Waals surface area (Å²) in [6.45, 7) is 10.3. The topological polar surface area (TPSA) is 41.3 Å². The summed E-state index contributed by atoms with van der Waals surface area (Å²) >= 11 is 0. The van der Waals surface area contributed by atoms with Crippen LogP contribution in [0.2, 0.25) is 0 Å². The van der Waals surface area contributed by atoms with Crippen LogP contribution >= 0.6 is 0 Å². The molecule has 0 aliphatic carbocycles. The molecule has 3 heteroatoms. The van der Waals surface area contributed by atoms with E-state index >= 15 is 0 Å². The number of hydrogen-bond acceptors (Lipinski definition) is 3. The van der Waals surface area contributed by atoms with Gasteiger partial charge in [0.15, 0.2) is 0 Å². The highest BCUT2D eigenvalue weighted by Crippen LogP contribution is 2.36. The Labute approximate surface area is 145 Å². The fraction of sp³-hybridized carbons (Fsp3) is 0.429. The zero-order chi connectivity index (χ0) is 17.1. The lowest BCUT2D eigenvalue weighted by molar-refractivity contribution is 0.187. The maximum Gasteiger partial charge on any atom is 0.0426 e. The molecule has 2 aromatic carbocycles. The molecule has 1 heterocycles. The van der Waals surface area contributed by atoms with Crippen molar-refractivity contribution >= 4 is 5.69 Å². The fourth-order valence-electron chi connectivity index (χ4n) is 3.94. The van der Waals surface area contributed by atoms with Crippen LogP contribution in [-0.2, 0) is 13.1 Å². The minimum atomic E-state index is 0.416. The van der Waals surface area contributed by atoms with E-state index in [2.05, 4.69) is 67.4 Å². The Morgan fingerprint density at radius 2 is 1.92 bits per heavy atom. The second kappa shape index (κ2) is 7.37.